The second-order valence-electron chi connectivity index (χ2n) is 9.35. The van der Waals surface area contributed by atoms with Gasteiger partial charge in [0.15, 0.2) is 12.1 Å². The van der Waals surface area contributed by atoms with Crippen molar-refractivity contribution < 1.29 is 28.2 Å². The summed E-state index contributed by atoms with van der Waals surface area (Å²) < 4.78 is 12.9. The van der Waals surface area contributed by atoms with Gasteiger partial charge < -0.3 is 5.32 Å². The number of nitrogens with zero attached hydrogens (tertiary/aromatic N) is 4. The van der Waals surface area contributed by atoms with Crippen LogP contribution in [0.25, 0.3) is 10.8 Å². The molecular formula is C25H21FN5O5+. The van der Waals surface area contributed by atoms with Crippen LogP contribution in [0.4, 0.5) is 20.6 Å². The maximum Gasteiger partial charge on any atom is 0.433 e. The van der Waals surface area contributed by atoms with Crippen LogP contribution in [0.15, 0.2) is 60.7 Å². The number of quaternary nitrogens is 1. The summed E-state index contributed by atoms with van der Waals surface area (Å²) in [4.78, 5) is 54.9. The molecule has 3 aromatic carbocycles. The number of benzene rings is 3. The Balaban J connectivity index is 1.34. The first kappa shape index (κ1) is 22.3. The summed E-state index contributed by atoms with van der Waals surface area (Å²) in [5, 5.41) is 15.1. The number of piperazine rings is 1. The number of carbonyl (C=O) groups is 3. The van der Waals surface area contributed by atoms with Crippen molar-refractivity contribution in [3.8, 4) is 0 Å². The quantitative estimate of drug-likeness (QED) is 0.255. The minimum Gasteiger partial charge on any atom is -0.347 e. The van der Waals surface area contributed by atoms with E-state index in [1.54, 1.807) is 36.4 Å². The zero-order valence-corrected chi connectivity index (χ0v) is 19.0. The van der Waals surface area contributed by atoms with Gasteiger partial charge in [-0.15, -0.1) is 0 Å². The van der Waals surface area contributed by atoms with Gasteiger partial charge in [0.25, 0.3) is 17.5 Å². The summed E-state index contributed by atoms with van der Waals surface area (Å²) >= 11 is 0. The molecule has 1 spiro atoms. The molecule has 4 atom stereocenters. The summed E-state index contributed by atoms with van der Waals surface area (Å²) in [5.41, 5.74) is 0.867. The number of urea groups is 1. The first-order valence-electron chi connectivity index (χ1n) is 11.5. The third kappa shape index (κ3) is 3.06. The fourth-order valence-electron chi connectivity index (χ4n) is 5.79. The highest BCUT2D eigenvalue weighted by Gasteiger charge is 2.73. The Morgan fingerprint density at radius 2 is 1.78 bits per heavy atom. The van der Waals surface area contributed by atoms with Gasteiger partial charge in [0.1, 0.15) is 12.5 Å². The van der Waals surface area contributed by atoms with Gasteiger partial charge in [0.2, 0.25) is 0 Å². The third-order valence-corrected chi connectivity index (χ3v) is 7.46. The highest BCUT2D eigenvalue weighted by atomic mass is 19.1. The normalized spacial score (nSPS) is 26.5. The van der Waals surface area contributed by atoms with Gasteiger partial charge in [0.05, 0.1) is 29.1 Å². The van der Waals surface area contributed by atoms with Crippen molar-refractivity contribution >= 4 is 40.0 Å². The molecule has 4 amide bonds. The molecule has 2 bridgehead atoms. The van der Waals surface area contributed by atoms with Gasteiger partial charge in [-0.05, 0) is 29.8 Å². The van der Waals surface area contributed by atoms with Crippen molar-refractivity contribution in [3.63, 3.8) is 0 Å². The summed E-state index contributed by atoms with van der Waals surface area (Å²) in [7, 11) is 0. The predicted octanol–water partition coefficient (Wildman–Crippen LogP) is 2.51. The van der Waals surface area contributed by atoms with Gasteiger partial charge in [-0.25, -0.2) is 18.6 Å². The molecule has 3 fully saturated rings. The van der Waals surface area contributed by atoms with Crippen molar-refractivity contribution in [1.82, 2.24) is 10.2 Å². The van der Waals surface area contributed by atoms with Crippen molar-refractivity contribution in [2.45, 2.75) is 18.6 Å². The second kappa shape index (κ2) is 7.90. The molecule has 182 valence electrons. The van der Waals surface area contributed by atoms with Crippen molar-refractivity contribution in [2.75, 3.05) is 24.7 Å². The van der Waals surface area contributed by atoms with Crippen LogP contribution in [0.5, 0.6) is 0 Å². The van der Waals surface area contributed by atoms with Crippen molar-refractivity contribution in [1.29, 1.82) is 0 Å². The number of halogens is 1. The molecule has 4 unspecified atom stereocenters. The Morgan fingerprint density at radius 1 is 1.06 bits per heavy atom. The largest absolute Gasteiger partial charge is 0.433 e. The number of imide groups is 1. The number of nitro groups is 1. The van der Waals surface area contributed by atoms with Crippen molar-refractivity contribution in [3.05, 3.63) is 82.2 Å². The number of non-ortho nitro benzene ring substituents is 1. The molecule has 3 saturated heterocycles. The predicted molar refractivity (Wildman–Crippen MR) is 126 cm³/mol. The number of amides is 4. The minimum absolute atomic E-state index is 0.119. The number of rotatable bonds is 5. The van der Waals surface area contributed by atoms with Crippen LogP contribution in [0.1, 0.15) is 5.56 Å². The molecule has 3 aromatic rings. The van der Waals surface area contributed by atoms with Crippen LogP contribution in [0, 0.1) is 15.9 Å². The molecule has 0 radical (unpaired) electrons. The monoisotopic (exact) mass is 490 g/mol. The molecule has 10 nitrogen and oxygen atoms in total. The first-order chi connectivity index (χ1) is 17.3. The molecule has 3 heterocycles. The fraction of sp³-hybridized carbons (Fsp3) is 0.240. The van der Waals surface area contributed by atoms with E-state index in [-0.39, 0.29) is 40.8 Å². The van der Waals surface area contributed by atoms with Crippen molar-refractivity contribution in [2.24, 2.45) is 0 Å². The molecule has 0 saturated carbocycles. The number of carbonyl (C=O) groups excluding carboxylic acids is 3. The van der Waals surface area contributed by atoms with Gasteiger partial charge >= 0.3 is 6.03 Å². The van der Waals surface area contributed by atoms with Crippen LogP contribution >= 0.6 is 0 Å². The SMILES string of the molecule is O=C(NCc1ccc(F)cc1)C1CN2CC3C(=O)N(c4ccc([N+](=O)[O-])c5ccccc45)C(=O)[N+]13C2. The van der Waals surface area contributed by atoms with E-state index in [2.05, 4.69) is 5.32 Å². The van der Waals surface area contributed by atoms with E-state index >= 15 is 0 Å². The summed E-state index contributed by atoms with van der Waals surface area (Å²) in [5.74, 6) is -1.15. The van der Waals surface area contributed by atoms with Crippen LogP contribution < -0.4 is 10.2 Å². The van der Waals surface area contributed by atoms with Crippen LogP contribution in [0.2, 0.25) is 0 Å². The van der Waals surface area contributed by atoms with E-state index in [9.17, 15) is 28.9 Å². The number of hydrogen-bond acceptors (Lipinski definition) is 6. The smallest absolute Gasteiger partial charge is 0.347 e. The van der Waals surface area contributed by atoms with Crippen LogP contribution in [-0.4, -0.2) is 64.0 Å². The lowest BCUT2D eigenvalue weighted by molar-refractivity contribution is -0.853. The average molecular weight is 490 g/mol. The second-order valence-corrected chi connectivity index (χ2v) is 9.35. The lowest BCUT2D eigenvalue weighted by Gasteiger charge is -2.32. The third-order valence-electron chi connectivity index (χ3n) is 7.46. The van der Waals surface area contributed by atoms with Crippen LogP contribution in [-0.2, 0) is 16.1 Å². The number of hydrogen-bond donors (Lipinski definition) is 1. The highest BCUT2D eigenvalue weighted by Crippen LogP contribution is 2.45. The summed E-state index contributed by atoms with van der Waals surface area (Å²) in [6, 6.07) is 13.0. The topological polar surface area (TPSA) is 113 Å². The molecule has 36 heavy (non-hydrogen) atoms. The van der Waals surface area contributed by atoms with E-state index < -0.39 is 28.9 Å². The molecule has 3 aliphatic rings. The van der Waals surface area contributed by atoms with E-state index in [1.165, 1.54) is 24.3 Å². The van der Waals surface area contributed by atoms with Gasteiger partial charge in [-0.3, -0.25) is 19.7 Å². The Kier molecular flexibility index (Phi) is 4.88. The average Bonchev–Trinajstić information content (AvgIpc) is 3.51. The maximum atomic E-state index is 14.0. The van der Waals surface area contributed by atoms with Gasteiger partial charge in [-0.2, -0.15) is 4.90 Å². The van der Waals surface area contributed by atoms with E-state index in [1.807, 2.05) is 4.90 Å². The molecule has 6 rings (SSSR count). The van der Waals surface area contributed by atoms with Crippen LogP contribution in [0.3, 0.4) is 0 Å². The maximum absolute atomic E-state index is 14.0. The Labute approximate surface area is 204 Å². The zero-order chi connectivity index (χ0) is 25.2. The Bertz CT molecular complexity index is 1460. The lowest BCUT2D eigenvalue weighted by Crippen LogP contribution is -2.64. The summed E-state index contributed by atoms with van der Waals surface area (Å²) in [6.07, 6.45) is 0. The fourth-order valence-corrected chi connectivity index (χ4v) is 5.79. The first-order valence-corrected chi connectivity index (χ1v) is 11.5. The lowest BCUT2D eigenvalue weighted by atomic mass is 10.1. The van der Waals surface area contributed by atoms with Gasteiger partial charge in [0, 0.05) is 18.0 Å². The molecule has 0 aromatic heterocycles. The van der Waals surface area contributed by atoms with Gasteiger partial charge in [-0.1, -0.05) is 30.3 Å². The summed E-state index contributed by atoms with van der Waals surface area (Å²) in [6.45, 7) is 1.09. The molecule has 11 heteroatoms. The number of fused-ring (bicyclic) bond motifs is 2. The number of nitro benzene ring substituents is 1. The minimum atomic E-state index is -0.782. The molecule has 3 aliphatic heterocycles. The van der Waals surface area contributed by atoms with E-state index in [4.69, 9.17) is 0 Å². The zero-order valence-electron chi connectivity index (χ0n) is 19.0. The molecule has 0 aliphatic carbocycles. The number of anilines is 1. The number of nitrogens with one attached hydrogen (secondary N) is 1. The standard InChI is InChI=1S/C25H20FN5O5/c26-16-7-5-15(6-8-16)11-27-23(32)21-12-28-13-22-24(33)29(25(34)31(21,22)14-28)19-9-10-20(30(35)36)18-4-2-1-3-17(18)19/h1-10,21-22H,11-14H2/p+1. The molecule has 1 N–H and O–H groups in total. The van der Waals surface area contributed by atoms with E-state index in [0.29, 0.717) is 29.4 Å². The Hall–Kier alpha value is -4.22. The highest BCUT2D eigenvalue weighted by molar-refractivity contribution is 6.22. The molecular weight excluding hydrogens is 469 g/mol. The van der Waals surface area contributed by atoms with E-state index in [0.717, 1.165) is 4.90 Å². The Morgan fingerprint density at radius 3 is 2.50 bits per heavy atom.